The molecule has 2 aliphatic rings. The lowest BCUT2D eigenvalue weighted by Crippen LogP contribution is -2.50. The highest BCUT2D eigenvalue weighted by Crippen LogP contribution is 2.24. The Morgan fingerprint density at radius 3 is 2.60 bits per heavy atom. The lowest BCUT2D eigenvalue weighted by Gasteiger charge is -2.32. The molecule has 1 saturated carbocycles. The zero-order chi connectivity index (χ0) is 20.5. The quantitative estimate of drug-likeness (QED) is 0.298. The number of amides is 2. The van der Waals surface area contributed by atoms with E-state index < -0.39 is 0 Å². The highest BCUT2D eigenvalue weighted by Gasteiger charge is 2.21. The van der Waals surface area contributed by atoms with Crippen LogP contribution in [0.15, 0.2) is 29.3 Å². The molecule has 7 nitrogen and oxygen atoms in total. The average molecular weight is 529 g/mol. The molecule has 0 bridgehead atoms. The van der Waals surface area contributed by atoms with Crippen LogP contribution in [0.4, 0.5) is 4.79 Å². The van der Waals surface area contributed by atoms with Gasteiger partial charge in [-0.25, -0.2) is 9.79 Å². The van der Waals surface area contributed by atoms with Gasteiger partial charge in [-0.3, -0.25) is 0 Å². The molecule has 1 aromatic carbocycles. The third kappa shape index (κ3) is 7.85. The summed E-state index contributed by atoms with van der Waals surface area (Å²) in [7, 11) is 0. The fourth-order valence-electron chi connectivity index (χ4n) is 4.02. The van der Waals surface area contributed by atoms with Crippen LogP contribution < -0.4 is 21.1 Å². The van der Waals surface area contributed by atoms with Gasteiger partial charge in [0.2, 0.25) is 0 Å². The van der Waals surface area contributed by atoms with E-state index >= 15 is 0 Å². The fraction of sp³-hybridized carbons (Fsp3) is 0.636. The summed E-state index contributed by atoms with van der Waals surface area (Å²) in [6.07, 6.45) is 8.28. The van der Waals surface area contributed by atoms with Gasteiger partial charge in [-0.2, -0.15) is 0 Å². The number of primary amides is 1. The molecule has 0 unspecified atom stereocenters. The predicted molar refractivity (Wildman–Crippen MR) is 131 cm³/mol. The topological polar surface area (TPSA) is 92.0 Å². The van der Waals surface area contributed by atoms with Crippen molar-refractivity contribution in [2.75, 3.05) is 19.6 Å². The number of hydrogen-bond acceptors (Lipinski definition) is 3. The Hall–Kier alpha value is -1.71. The highest BCUT2D eigenvalue weighted by atomic mass is 127. The lowest BCUT2D eigenvalue weighted by atomic mass is 9.98. The number of urea groups is 1. The molecule has 2 fully saturated rings. The summed E-state index contributed by atoms with van der Waals surface area (Å²) < 4.78 is 6.18. The summed E-state index contributed by atoms with van der Waals surface area (Å²) in [6.45, 7) is 4.83. The summed E-state index contributed by atoms with van der Waals surface area (Å²) in [6, 6.07) is 8.24. The SMILES string of the molecule is CCNC(=NCc1cccc(OC2CCCCC2)c1)NC1CCN(C(N)=O)CC1.I. The maximum atomic E-state index is 11.3. The van der Waals surface area contributed by atoms with Gasteiger partial charge in [0.05, 0.1) is 12.6 Å². The van der Waals surface area contributed by atoms with Gasteiger partial charge in [0.25, 0.3) is 0 Å². The number of nitrogens with two attached hydrogens (primary N) is 1. The molecule has 1 aliphatic heterocycles. The Bertz CT molecular complexity index is 686. The summed E-state index contributed by atoms with van der Waals surface area (Å²) >= 11 is 0. The molecule has 0 atom stereocenters. The number of carbonyl (C=O) groups is 1. The number of halogens is 1. The molecule has 3 rings (SSSR count). The number of hydrogen-bond donors (Lipinski definition) is 3. The third-order valence-electron chi connectivity index (χ3n) is 5.66. The van der Waals surface area contributed by atoms with Crippen molar-refractivity contribution in [1.82, 2.24) is 15.5 Å². The summed E-state index contributed by atoms with van der Waals surface area (Å²) in [5.41, 5.74) is 6.50. The number of likely N-dealkylation sites (tertiary alicyclic amines) is 1. The Labute approximate surface area is 197 Å². The summed E-state index contributed by atoms with van der Waals surface area (Å²) in [5, 5.41) is 6.81. The van der Waals surface area contributed by atoms with E-state index in [1.165, 1.54) is 19.3 Å². The van der Waals surface area contributed by atoms with Gasteiger partial charge < -0.3 is 26.0 Å². The zero-order valence-corrected chi connectivity index (χ0v) is 20.3. The number of rotatable bonds is 6. The maximum Gasteiger partial charge on any atom is 0.314 e. The zero-order valence-electron chi connectivity index (χ0n) is 17.9. The molecule has 4 N–H and O–H groups in total. The number of nitrogens with zero attached hydrogens (tertiary/aromatic N) is 2. The van der Waals surface area contributed by atoms with Crippen molar-refractivity contribution in [2.45, 2.75) is 70.6 Å². The van der Waals surface area contributed by atoms with Crippen molar-refractivity contribution in [2.24, 2.45) is 10.7 Å². The van der Waals surface area contributed by atoms with Gasteiger partial charge >= 0.3 is 6.03 Å². The Morgan fingerprint density at radius 1 is 1.20 bits per heavy atom. The van der Waals surface area contributed by atoms with E-state index in [9.17, 15) is 4.79 Å². The van der Waals surface area contributed by atoms with Gasteiger partial charge in [-0.15, -0.1) is 24.0 Å². The van der Waals surface area contributed by atoms with E-state index in [0.29, 0.717) is 31.8 Å². The van der Waals surface area contributed by atoms with Gasteiger partial charge in [-0.05, 0) is 63.1 Å². The van der Waals surface area contributed by atoms with Gasteiger partial charge in [0.1, 0.15) is 5.75 Å². The Morgan fingerprint density at radius 2 is 1.93 bits per heavy atom. The Balaban J connectivity index is 0.00000320. The van der Waals surface area contributed by atoms with Crippen LogP contribution in [-0.2, 0) is 6.54 Å². The van der Waals surface area contributed by atoms with Crippen LogP contribution in [0.25, 0.3) is 0 Å². The largest absolute Gasteiger partial charge is 0.490 e. The van der Waals surface area contributed by atoms with Crippen molar-refractivity contribution >= 4 is 36.0 Å². The first kappa shape index (κ1) is 24.6. The van der Waals surface area contributed by atoms with Crippen LogP contribution in [0.3, 0.4) is 0 Å². The summed E-state index contributed by atoms with van der Waals surface area (Å²) in [5.74, 6) is 1.75. The predicted octanol–water partition coefficient (Wildman–Crippen LogP) is 3.61. The summed E-state index contributed by atoms with van der Waals surface area (Å²) in [4.78, 5) is 17.7. The van der Waals surface area contributed by atoms with E-state index in [-0.39, 0.29) is 30.0 Å². The lowest BCUT2D eigenvalue weighted by molar-refractivity contribution is 0.155. The van der Waals surface area contributed by atoms with Gasteiger partial charge in [0, 0.05) is 25.7 Å². The second-order valence-corrected chi connectivity index (χ2v) is 7.96. The third-order valence-corrected chi connectivity index (χ3v) is 5.66. The second-order valence-electron chi connectivity index (χ2n) is 7.96. The minimum absolute atomic E-state index is 0. The number of nitrogens with one attached hydrogen (secondary N) is 2. The van der Waals surface area contributed by atoms with Gasteiger partial charge in [-0.1, -0.05) is 18.6 Å². The maximum absolute atomic E-state index is 11.3. The number of ether oxygens (including phenoxy) is 1. The fourth-order valence-corrected chi connectivity index (χ4v) is 4.02. The van der Waals surface area contributed by atoms with E-state index in [1.807, 2.05) is 12.1 Å². The molecule has 0 aromatic heterocycles. The first-order valence-corrected chi connectivity index (χ1v) is 11.0. The van der Waals surface area contributed by atoms with E-state index in [4.69, 9.17) is 15.5 Å². The van der Waals surface area contributed by atoms with Crippen molar-refractivity contribution in [3.8, 4) is 5.75 Å². The standard InChI is InChI=1S/C22H35N5O2.HI/c1-2-24-22(26-18-11-13-27(14-12-18)21(23)28)25-16-17-7-6-10-20(15-17)29-19-8-4-3-5-9-19;/h6-7,10,15,18-19H,2-5,8-9,11-14,16H2,1H3,(H2,23,28)(H2,24,25,26);1H. The molecular weight excluding hydrogens is 493 g/mol. The molecular formula is C22H36IN5O2. The van der Waals surface area contributed by atoms with Crippen LogP contribution in [-0.4, -0.2) is 48.7 Å². The molecule has 1 heterocycles. The first-order chi connectivity index (χ1) is 14.1. The average Bonchev–Trinajstić information content (AvgIpc) is 2.74. The molecule has 2 amide bonds. The second kappa shape index (κ2) is 12.9. The van der Waals surface area contributed by atoms with Crippen molar-refractivity contribution < 1.29 is 9.53 Å². The van der Waals surface area contributed by atoms with Crippen molar-refractivity contribution in [1.29, 1.82) is 0 Å². The monoisotopic (exact) mass is 529 g/mol. The molecule has 0 radical (unpaired) electrons. The van der Waals surface area contributed by atoms with Crippen LogP contribution in [0, 0.1) is 0 Å². The van der Waals surface area contributed by atoms with Crippen LogP contribution in [0.2, 0.25) is 0 Å². The van der Waals surface area contributed by atoms with Crippen LogP contribution >= 0.6 is 24.0 Å². The molecule has 30 heavy (non-hydrogen) atoms. The molecule has 0 spiro atoms. The molecule has 1 saturated heterocycles. The minimum atomic E-state index is -0.334. The number of benzene rings is 1. The molecule has 168 valence electrons. The molecule has 1 aromatic rings. The number of piperidine rings is 1. The first-order valence-electron chi connectivity index (χ1n) is 11.0. The van der Waals surface area contributed by atoms with Gasteiger partial charge in [0.15, 0.2) is 5.96 Å². The van der Waals surface area contributed by atoms with Crippen molar-refractivity contribution in [3.05, 3.63) is 29.8 Å². The van der Waals surface area contributed by atoms with Crippen LogP contribution in [0.1, 0.15) is 57.4 Å². The van der Waals surface area contributed by atoms with E-state index in [2.05, 4.69) is 29.7 Å². The van der Waals surface area contributed by atoms with E-state index in [1.54, 1.807) is 4.90 Å². The smallest absolute Gasteiger partial charge is 0.314 e. The van der Waals surface area contributed by atoms with E-state index in [0.717, 1.165) is 49.5 Å². The minimum Gasteiger partial charge on any atom is -0.490 e. The number of carbonyl (C=O) groups excluding carboxylic acids is 1. The number of guanidine groups is 1. The highest BCUT2D eigenvalue weighted by molar-refractivity contribution is 14.0. The van der Waals surface area contributed by atoms with Crippen molar-refractivity contribution in [3.63, 3.8) is 0 Å². The Kier molecular flexibility index (Phi) is 10.5. The normalized spacial score (nSPS) is 18.4. The molecule has 8 heteroatoms. The molecule has 1 aliphatic carbocycles. The number of aliphatic imine (C=N–C) groups is 1. The van der Waals surface area contributed by atoms with Crippen LogP contribution in [0.5, 0.6) is 5.75 Å².